The standard InChI is InChI=1S/C18H16N2/c1-13-4-6-14(7-5-13)8-9-15-11-16-3-2-10-20-18(16)17(19)12-15/h2-12H,19H2,1H3/b9-8+. The average molecular weight is 260 g/mol. The van der Waals surface area contributed by atoms with Crippen LogP contribution in [-0.2, 0) is 0 Å². The fourth-order valence-corrected chi connectivity index (χ4v) is 2.21. The first-order valence-electron chi connectivity index (χ1n) is 6.61. The van der Waals surface area contributed by atoms with E-state index in [4.69, 9.17) is 5.73 Å². The van der Waals surface area contributed by atoms with Crippen molar-refractivity contribution >= 4 is 28.7 Å². The molecule has 20 heavy (non-hydrogen) atoms. The van der Waals surface area contributed by atoms with E-state index >= 15 is 0 Å². The quantitative estimate of drug-likeness (QED) is 0.551. The predicted molar refractivity (Wildman–Crippen MR) is 86.3 cm³/mol. The Kier molecular flexibility index (Phi) is 3.21. The first-order chi connectivity index (χ1) is 9.72. The van der Waals surface area contributed by atoms with E-state index in [1.165, 1.54) is 11.1 Å². The number of nitrogens with two attached hydrogens (primary N) is 1. The van der Waals surface area contributed by atoms with E-state index < -0.39 is 0 Å². The molecule has 2 nitrogen and oxygen atoms in total. The maximum Gasteiger partial charge on any atom is 0.0931 e. The number of nitrogens with zero attached hydrogens (tertiary/aromatic N) is 1. The highest BCUT2D eigenvalue weighted by Crippen LogP contribution is 2.22. The van der Waals surface area contributed by atoms with Crippen LogP contribution in [0.3, 0.4) is 0 Å². The summed E-state index contributed by atoms with van der Waals surface area (Å²) in [7, 11) is 0. The molecule has 98 valence electrons. The minimum absolute atomic E-state index is 0.714. The highest BCUT2D eigenvalue weighted by Gasteiger charge is 2.00. The van der Waals surface area contributed by atoms with Crippen molar-refractivity contribution in [2.75, 3.05) is 5.73 Å². The molecule has 0 saturated heterocycles. The molecule has 0 atom stereocenters. The van der Waals surface area contributed by atoms with Gasteiger partial charge in [-0.2, -0.15) is 0 Å². The number of hydrogen-bond donors (Lipinski definition) is 1. The number of hydrogen-bond acceptors (Lipinski definition) is 2. The normalized spacial score (nSPS) is 11.2. The van der Waals surface area contributed by atoms with Gasteiger partial charge in [-0.25, -0.2) is 0 Å². The van der Waals surface area contributed by atoms with Gasteiger partial charge in [-0.1, -0.05) is 48.0 Å². The summed E-state index contributed by atoms with van der Waals surface area (Å²) in [6, 6.07) is 16.5. The van der Waals surface area contributed by atoms with Gasteiger partial charge >= 0.3 is 0 Å². The molecule has 2 N–H and O–H groups in total. The van der Waals surface area contributed by atoms with E-state index in [0.29, 0.717) is 5.69 Å². The van der Waals surface area contributed by atoms with Gasteiger partial charge in [-0.15, -0.1) is 0 Å². The fourth-order valence-electron chi connectivity index (χ4n) is 2.21. The summed E-state index contributed by atoms with van der Waals surface area (Å²) >= 11 is 0. The van der Waals surface area contributed by atoms with Crippen LogP contribution in [0.2, 0.25) is 0 Å². The zero-order valence-corrected chi connectivity index (χ0v) is 11.4. The molecule has 0 spiro atoms. The molecule has 0 aliphatic carbocycles. The van der Waals surface area contributed by atoms with Crippen LogP contribution in [0, 0.1) is 6.92 Å². The number of anilines is 1. The molecule has 1 heterocycles. The minimum atomic E-state index is 0.714. The van der Waals surface area contributed by atoms with E-state index in [1.54, 1.807) is 6.20 Å². The second-order valence-corrected chi connectivity index (χ2v) is 4.93. The summed E-state index contributed by atoms with van der Waals surface area (Å²) in [6.45, 7) is 2.09. The lowest BCUT2D eigenvalue weighted by atomic mass is 10.1. The van der Waals surface area contributed by atoms with Crippen molar-refractivity contribution in [3.63, 3.8) is 0 Å². The molecule has 0 unspecified atom stereocenters. The Morgan fingerprint density at radius 3 is 2.50 bits per heavy atom. The highest BCUT2D eigenvalue weighted by molar-refractivity contribution is 5.92. The number of nitrogen functional groups attached to an aromatic ring is 1. The second kappa shape index (κ2) is 5.17. The van der Waals surface area contributed by atoms with Crippen molar-refractivity contribution in [3.8, 4) is 0 Å². The number of rotatable bonds is 2. The Balaban J connectivity index is 1.96. The molecule has 1 aromatic heterocycles. The summed E-state index contributed by atoms with van der Waals surface area (Å²) < 4.78 is 0. The van der Waals surface area contributed by atoms with E-state index in [2.05, 4.69) is 54.4 Å². The number of aromatic nitrogens is 1. The van der Waals surface area contributed by atoms with Crippen molar-refractivity contribution in [1.82, 2.24) is 4.98 Å². The maximum absolute atomic E-state index is 6.05. The lowest BCUT2D eigenvalue weighted by Crippen LogP contribution is -1.90. The monoisotopic (exact) mass is 260 g/mol. The van der Waals surface area contributed by atoms with Gasteiger partial charge in [0.05, 0.1) is 11.2 Å². The third-order valence-corrected chi connectivity index (χ3v) is 3.30. The zero-order valence-electron chi connectivity index (χ0n) is 11.4. The van der Waals surface area contributed by atoms with Gasteiger partial charge in [-0.05, 0) is 36.2 Å². The highest BCUT2D eigenvalue weighted by atomic mass is 14.7. The van der Waals surface area contributed by atoms with Crippen molar-refractivity contribution in [2.24, 2.45) is 0 Å². The summed E-state index contributed by atoms with van der Waals surface area (Å²) in [5.74, 6) is 0. The molecule has 3 aromatic rings. The maximum atomic E-state index is 6.05. The van der Waals surface area contributed by atoms with Gasteiger partial charge < -0.3 is 5.73 Å². The second-order valence-electron chi connectivity index (χ2n) is 4.93. The Morgan fingerprint density at radius 1 is 0.950 bits per heavy atom. The molecule has 2 heteroatoms. The zero-order chi connectivity index (χ0) is 13.9. The lowest BCUT2D eigenvalue weighted by Gasteiger charge is -2.03. The van der Waals surface area contributed by atoms with Crippen LogP contribution in [0.4, 0.5) is 5.69 Å². The molecule has 0 saturated carbocycles. The van der Waals surface area contributed by atoms with Gasteiger partial charge in [0.15, 0.2) is 0 Å². The summed E-state index contributed by atoms with van der Waals surface area (Å²) in [4.78, 5) is 4.30. The molecule has 0 radical (unpaired) electrons. The molecule has 2 aromatic carbocycles. The third kappa shape index (κ3) is 2.54. The number of pyridine rings is 1. The van der Waals surface area contributed by atoms with Gasteiger partial charge in [0.2, 0.25) is 0 Å². The topological polar surface area (TPSA) is 38.9 Å². The van der Waals surface area contributed by atoms with Crippen LogP contribution in [-0.4, -0.2) is 4.98 Å². The molecular formula is C18H16N2. The minimum Gasteiger partial charge on any atom is -0.397 e. The van der Waals surface area contributed by atoms with Crippen LogP contribution >= 0.6 is 0 Å². The fraction of sp³-hybridized carbons (Fsp3) is 0.0556. The summed E-state index contributed by atoms with van der Waals surface area (Å²) in [5.41, 5.74) is 11.2. The van der Waals surface area contributed by atoms with E-state index in [-0.39, 0.29) is 0 Å². The summed E-state index contributed by atoms with van der Waals surface area (Å²) in [5, 5.41) is 1.07. The van der Waals surface area contributed by atoms with Gasteiger partial charge in [0, 0.05) is 11.6 Å². The third-order valence-electron chi connectivity index (χ3n) is 3.30. The van der Waals surface area contributed by atoms with Crippen LogP contribution < -0.4 is 5.73 Å². The number of benzene rings is 2. The van der Waals surface area contributed by atoms with Crippen molar-refractivity contribution in [2.45, 2.75) is 6.92 Å². The van der Waals surface area contributed by atoms with E-state index in [1.807, 2.05) is 18.2 Å². The Bertz CT molecular complexity index is 771. The van der Waals surface area contributed by atoms with Crippen molar-refractivity contribution in [3.05, 3.63) is 71.4 Å². The van der Waals surface area contributed by atoms with Crippen LogP contribution in [0.5, 0.6) is 0 Å². The van der Waals surface area contributed by atoms with Crippen molar-refractivity contribution < 1.29 is 0 Å². The number of fused-ring (bicyclic) bond motifs is 1. The first kappa shape index (κ1) is 12.4. The molecular weight excluding hydrogens is 244 g/mol. The summed E-state index contributed by atoms with van der Waals surface area (Å²) in [6.07, 6.45) is 5.93. The van der Waals surface area contributed by atoms with Crippen LogP contribution in [0.1, 0.15) is 16.7 Å². The molecule has 0 fully saturated rings. The molecule has 0 bridgehead atoms. The average Bonchev–Trinajstić information content (AvgIpc) is 2.47. The predicted octanol–water partition coefficient (Wildman–Crippen LogP) is 4.30. The van der Waals surface area contributed by atoms with Gasteiger partial charge in [-0.3, -0.25) is 4.98 Å². The molecule has 0 aliphatic heterocycles. The lowest BCUT2D eigenvalue weighted by molar-refractivity contribution is 1.41. The van der Waals surface area contributed by atoms with E-state index in [9.17, 15) is 0 Å². The Hall–Kier alpha value is -2.61. The first-order valence-corrected chi connectivity index (χ1v) is 6.61. The molecule has 0 aliphatic rings. The van der Waals surface area contributed by atoms with E-state index in [0.717, 1.165) is 16.5 Å². The molecule has 0 amide bonds. The van der Waals surface area contributed by atoms with Crippen LogP contribution in [0.25, 0.3) is 23.1 Å². The molecule has 3 rings (SSSR count). The Labute approximate surface area is 118 Å². The van der Waals surface area contributed by atoms with Gasteiger partial charge in [0.1, 0.15) is 0 Å². The van der Waals surface area contributed by atoms with Crippen molar-refractivity contribution in [1.29, 1.82) is 0 Å². The number of aryl methyl sites for hydroxylation is 1. The largest absolute Gasteiger partial charge is 0.397 e. The Morgan fingerprint density at radius 2 is 1.70 bits per heavy atom. The smallest absolute Gasteiger partial charge is 0.0931 e. The van der Waals surface area contributed by atoms with Gasteiger partial charge in [0.25, 0.3) is 0 Å². The van der Waals surface area contributed by atoms with Crippen LogP contribution in [0.15, 0.2) is 54.7 Å². The SMILES string of the molecule is Cc1ccc(/C=C/c2cc(N)c3ncccc3c2)cc1.